The van der Waals surface area contributed by atoms with Crippen molar-refractivity contribution in [3.05, 3.63) is 27.4 Å². The molecule has 0 unspecified atom stereocenters. The van der Waals surface area contributed by atoms with Gasteiger partial charge in [-0.15, -0.1) is 5.10 Å². The lowest BCUT2D eigenvalue weighted by Gasteiger charge is -1.89. The van der Waals surface area contributed by atoms with Crippen LogP contribution in [-0.2, 0) is 11.3 Å². The molecule has 0 fully saturated rings. The molecule has 0 bridgehead atoms. The first kappa shape index (κ1) is 10.7. The first-order valence-electron chi connectivity index (χ1n) is 4.12. The Morgan fingerprint density at radius 3 is 2.81 bits per heavy atom. The van der Waals surface area contributed by atoms with Crippen molar-refractivity contribution in [2.24, 2.45) is 0 Å². The van der Waals surface area contributed by atoms with Gasteiger partial charge in [-0.1, -0.05) is 0 Å². The highest BCUT2D eigenvalue weighted by atomic mass is 79.9. The molecular formula is C8H5BrN2O5. The number of rotatable bonds is 3. The number of carboxylic acid groups (broad SMARTS) is 1. The average molecular weight is 289 g/mol. The number of aliphatic carboxylic acids is 1. The van der Waals surface area contributed by atoms with Crippen LogP contribution in [-0.4, -0.2) is 20.9 Å². The SMILES string of the molecule is O=C(O)Cn1nc(-c2ccc(Br)o2)oc1=O. The smallest absolute Gasteiger partial charge is 0.438 e. The number of carboxylic acids is 1. The third kappa shape index (κ3) is 2.06. The highest BCUT2D eigenvalue weighted by Gasteiger charge is 2.14. The molecule has 0 saturated heterocycles. The summed E-state index contributed by atoms with van der Waals surface area (Å²) in [4.78, 5) is 21.6. The van der Waals surface area contributed by atoms with E-state index in [2.05, 4.69) is 21.0 Å². The molecule has 2 rings (SSSR count). The van der Waals surface area contributed by atoms with Crippen LogP contribution in [0.1, 0.15) is 0 Å². The summed E-state index contributed by atoms with van der Waals surface area (Å²) in [6.07, 6.45) is 0. The first-order chi connectivity index (χ1) is 7.56. The fraction of sp³-hybridized carbons (Fsp3) is 0.125. The van der Waals surface area contributed by atoms with Crippen molar-refractivity contribution in [3.63, 3.8) is 0 Å². The van der Waals surface area contributed by atoms with Crippen molar-refractivity contribution in [3.8, 4) is 11.7 Å². The van der Waals surface area contributed by atoms with Gasteiger partial charge in [0.1, 0.15) is 6.54 Å². The number of aromatic nitrogens is 2. The summed E-state index contributed by atoms with van der Waals surface area (Å²) < 4.78 is 11.0. The molecule has 0 aliphatic carbocycles. The predicted molar refractivity (Wildman–Crippen MR) is 53.8 cm³/mol. The van der Waals surface area contributed by atoms with E-state index in [4.69, 9.17) is 13.9 Å². The first-order valence-corrected chi connectivity index (χ1v) is 4.91. The maximum Gasteiger partial charge on any atom is 0.438 e. The van der Waals surface area contributed by atoms with Gasteiger partial charge in [0.25, 0.3) is 5.89 Å². The zero-order chi connectivity index (χ0) is 11.7. The summed E-state index contributed by atoms with van der Waals surface area (Å²) in [5.41, 5.74) is 0. The van der Waals surface area contributed by atoms with Gasteiger partial charge in [-0.2, -0.15) is 4.68 Å². The Hall–Kier alpha value is -1.83. The van der Waals surface area contributed by atoms with E-state index in [0.717, 1.165) is 0 Å². The molecule has 0 radical (unpaired) electrons. The van der Waals surface area contributed by atoms with Crippen LogP contribution in [0.5, 0.6) is 0 Å². The van der Waals surface area contributed by atoms with E-state index >= 15 is 0 Å². The standard InChI is InChI=1S/C8H5BrN2O5/c9-5-2-1-4(15-5)7-10-11(3-6(12)13)8(14)16-7/h1-2H,3H2,(H,12,13). The number of hydrogen-bond donors (Lipinski definition) is 1. The van der Waals surface area contributed by atoms with Crippen LogP contribution in [0.15, 0.2) is 30.4 Å². The van der Waals surface area contributed by atoms with Gasteiger partial charge in [0.2, 0.25) is 0 Å². The summed E-state index contributed by atoms with van der Waals surface area (Å²) in [5.74, 6) is -1.84. The number of nitrogens with zero attached hydrogens (tertiary/aromatic N) is 2. The quantitative estimate of drug-likeness (QED) is 0.903. The summed E-state index contributed by atoms with van der Waals surface area (Å²) in [6.45, 7) is -0.551. The topological polar surface area (TPSA) is 98.5 Å². The van der Waals surface area contributed by atoms with Crippen molar-refractivity contribution < 1.29 is 18.7 Å². The fourth-order valence-electron chi connectivity index (χ4n) is 1.06. The Morgan fingerprint density at radius 2 is 2.25 bits per heavy atom. The Kier molecular flexibility index (Phi) is 2.65. The van der Waals surface area contributed by atoms with Crippen LogP contribution in [0, 0.1) is 0 Å². The third-order valence-corrected chi connectivity index (χ3v) is 2.10. The van der Waals surface area contributed by atoms with Gasteiger partial charge >= 0.3 is 11.7 Å². The zero-order valence-electron chi connectivity index (χ0n) is 7.71. The lowest BCUT2D eigenvalue weighted by molar-refractivity contribution is -0.138. The highest BCUT2D eigenvalue weighted by molar-refractivity contribution is 9.10. The second kappa shape index (κ2) is 3.97. The van der Waals surface area contributed by atoms with Crippen molar-refractivity contribution in [2.75, 3.05) is 0 Å². The molecule has 84 valence electrons. The molecule has 0 amide bonds. The molecule has 0 aliphatic rings. The third-order valence-electron chi connectivity index (χ3n) is 1.68. The van der Waals surface area contributed by atoms with Crippen LogP contribution >= 0.6 is 15.9 Å². The maximum atomic E-state index is 11.2. The highest BCUT2D eigenvalue weighted by Crippen LogP contribution is 2.22. The minimum atomic E-state index is -1.18. The Bertz CT molecular complexity index is 581. The lowest BCUT2D eigenvalue weighted by Crippen LogP contribution is -2.20. The maximum absolute atomic E-state index is 11.2. The molecule has 7 nitrogen and oxygen atoms in total. The second-order valence-corrected chi connectivity index (χ2v) is 3.61. The van der Waals surface area contributed by atoms with Crippen LogP contribution in [0.4, 0.5) is 0 Å². The Balaban J connectivity index is 2.37. The van der Waals surface area contributed by atoms with Crippen LogP contribution in [0.25, 0.3) is 11.7 Å². The molecule has 0 saturated carbocycles. The van der Waals surface area contributed by atoms with E-state index in [1.165, 1.54) is 0 Å². The van der Waals surface area contributed by atoms with Gasteiger partial charge in [-0.25, -0.2) is 4.79 Å². The normalized spacial score (nSPS) is 10.6. The molecule has 2 aromatic heterocycles. The number of hydrogen-bond acceptors (Lipinski definition) is 5. The van der Waals surface area contributed by atoms with E-state index < -0.39 is 18.3 Å². The largest absolute Gasteiger partial charge is 0.480 e. The Labute approximate surface area is 96.4 Å². The van der Waals surface area contributed by atoms with Gasteiger partial charge in [-0.3, -0.25) is 4.79 Å². The van der Waals surface area contributed by atoms with Crippen molar-refractivity contribution >= 4 is 21.9 Å². The summed E-state index contributed by atoms with van der Waals surface area (Å²) in [6, 6.07) is 3.14. The number of halogens is 1. The van der Waals surface area contributed by atoms with E-state index in [1.54, 1.807) is 12.1 Å². The molecule has 2 heterocycles. The van der Waals surface area contributed by atoms with E-state index in [1.807, 2.05) is 0 Å². The van der Waals surface area contributed by atoms with Crippen LogP contribution in [0.3, 0.4) is 0 Å². The molecule has 0 aromatic carbocycles. The summed E-state index contributed by atoms with van der Waals surface area (Å²) in [5, 5.41) is 12.2. The molecule has 2 aromatic rings. The molecule has 0 aliphatic heterocycles. The monoisotopic (exact) mass is 288 g/mol. The molecule has 1 N–H and O–H groups in total. The molecular weight excluding hydrogens is 284 g/mol. The van der Waals surface area contributed by atoms with Crippen molar-refractivity contribution in [2.45, 2.75) is 6.54 Å². The van der Waals surface area contributed by atoms with E-state index in [9.17, 15) is 9.59 Å². The molecule has 0 atom stereocenters. The van der Waals surface area contributed by atoms with Gasteiger partial charge in [-0.05, 0) is 28.1 Å². The fourth-order valence-corrected chi connectivity index (χ4v) is 1.37. The van der Waals surface area contributed by atoms with Gasteiger partial charge in [0, 0.05) is 0 Å². The van der Waals surface area contributed by atoms with Crippen molar-refractivity contribution in [1.82, 2.24) is 9.78 Å². The minimum Gasteiger partial charge on any atom is -0.480 e. The Morgan fingerprint density at radius 1 is 1.50 bits per heavy atom. The van der Waals surface area contributed by atoms with E-state index in [0.29, 0.717) is 9.35 Å². The number of furan rings is 1. The summed E-state index contributed by atoms with van der Waals surface area (Å²) >= 11 is 3.08. The second-order valence-electron chi connectivity index (χ2n) is 2.83. The minimum absolute atomic E-state index is 0.0584. The van der Waals surface area contributed by atoms with Crippen LogP contribution in [0.2, 0.25) is 0 Å². The predicted octanol–water partition coefficient (Wildman–Crippen LogP) is 0.943. The molecule has 0 spiro atoms. The average Bonchev–Trinajstić information content (AvgIpc) is 2.74. The van der Waals surface area contributed by atoms with Gasteiger partial charge in [0.05, 0.1) is 0 Å². The molecule has 8 heteroatoms. The zero-order valence-corrected chi connectivity index (χ0v) is 9.30. The van der Waals surface area contributed by atoms with Gasteiger partial charge < -0.3 is 13.9 Å². The van der Waals surface area contributed by atoms with E-state index in [-0.39, 0.29) is 11.7 Å². The molecule has 16 heavy (non-hydrogen) atoms. The summed E-state index contributed by atoms with van der Waals surface area (Å²) in [7, 11) is 0. The van der Waals surface area contributed by atoms with Crippen molar-refractivity contribution in [1.29, 1.82) is 0 Å². The number of carbonyl (C=O) groups is 1. The lowest BCUT2D eigenvalue weighted by atomic mass is 10.5. The van der Waals surface area contributed by atoms with Crippen LogP contribution < -0.4 is 5.76 Å². The van der Waals surface area contributed by atoms with Gasteiger partial charge in [0.15, 0.2) is 10.4 Å².